The van der Waals surface area contributed by atoms with E-state index >= 15 is 4.39 Å². The van der Waals surface area contributed by atoms with Gasteiger partial charge in [-0.1, -0.05) is 31.5 Å². The van der Waals surface area contributed by atoms with Gasteiger partial charge >= 0.3 is 5.97 Å². The summed E-state index contributed by atoms with van der Waals surface area (Å²) in [7, 11) is 0. The predicted molar refractivity (Wildman–Crippen MR) is 105 cm³/mol. The van der Waals surface area contributed by atoms with Gasteiger partial charge in [-0.15, -0.1) is 0 Å². The summed E-state index contributed by atoms with van der Waals surface area (Å²) in [6.45, 7) is 2.06. The molecule has 0 heterocycles. The molecule has 0 aliphatic heterocycles. The SMILES string of the molecule is CCCc1ccc2c(c1)Cc1c-2cc(F)c(C(=O)Oc2ccc(C#N)c(F)c2)c1F. The first-order chi connectivity index (χ1) is 14.4. The Labute approximate surface area is 171 Å². The minimum Gasteiger partial charge on any atom is -0.423 e. The van der Waals surface area contributed by atoms with Crippen LogP contribution in [0.25, 0.3) is 11.1 Å². The lowest BCUT2D eigenvalue weighted by Crippen LogP contribution is -2.15. The van der Waals surface area contributed by atoms with Crippen molar-refractivity contribution < 1.29 is 22.7 Å². The van der Waals surface area contributed by atoms with Gasteiger partial charge in [0.1, 0.15) is 34.8 Å². The van der Waals surface area contributed by atoms with Crippen molar-refractivity contribution >= 4 is 5.97 Å². The van der Waals surface area contributed by atoms with Crippen LogP contribution in [0.4, 0.5) is 13.2 Å². The molecule has 30 heavy (non-hydrogen) atoms. The first kappa shape index (κ1) is 19.7. The molecule has 3 aromatic carbocycles. The highest BCUT2D eigenvalue weighted by atomic mass is 19.1. The Bertz CT molecular complexity index is 1230. The summed E-state index contributed by atoms with van der Waals surface area (Å²) in [4.78, 5) is 12.4. The Balaban J connectivity index is 1.68. The molecule has 0 spiro atoms. The van der Waals surface area contributed by atoms with Crippen molar-refractivity contribution in [3.8, 4) is 22.9 Å². The van der Waals surface area contributed by atoms with Crippen LogP contribution in [0.5, 0.6) is 5.75 Å². The zero-order chi connectivity index (χ0) is 21.4. The van der Waals surface area contributed by atoms with Crippen LogP contribution >= 0.6 is 0 Å². The fraction of sp³-hybridized carbons (Fsp3) is 0.167. The van der Waals surface area contributed by atoms with E-state index in [0.29, 0.717) is 5.56 Å². The summed E-state index contributed by atoms with van der Waals surface area (Å²) < 4.78 is 48.5. The second kappa shape index (κ2) is 7.68. The molecule has 150 valence electrons. The largest absolute Gasteiger partial charge is 0.423 e. The number of carbonyl (C=O) groups excluding carboxylic acids is 1. The van der Waals surface area contributed by atoms with Crippen molar-refractivity contribution in [1.82, 2.24) is 0 Å². The first-order valence-electron chi connectivity index (χ1n) is 9.47. The summed E-state index contributed by atoms with van der Waals surface area (Å²) in [5, 5.41) is 8.76. The fourth-order valence-corrected chi connectivity index (χ4v) is 3.76. The highest BCUT2D eigenvalue weighted by Gasteiger charge is 2.30. The molecule has 0 bridgehead atoms. The first-order valence-corrected chi connectivity index (χ1v) is 9.47. The van der Waals surface area contributed by atoms with Gasteiger partial charge < -0.3 is 4.74 Å². The van der Waals surface area contributed by atoms with E-state index in [2.05, 4.69) is 6.92 Å². The van der Waals surface area contributed by atoms with Gasteiger partial charge in [0.25, 0.3) is 0 Å². The van der Waals surface area contributed by atoms with E-state index in [1.807, 2.05) is 18.2 Å². The number of benzene rings is 3. The number of hydrogen-bond donors (Lipinski definition) is 0. The average Bonchev–Trinajstić information content (AvgIpc) is 3.06. The Kier molecular flexibility index (Phi) is 5.04. The predicted octanol–water partition coefficient (Wildman–Crippen LogP) is 5.72. The molecule has 4 rings (SSSR count). The topological polar surface area (TPSA) is 50.1 Å². The molecule has 0 N–H and O–H groups in total. The maximum absolute atomic E-state index is 15.1. The van der Waals surface area contributed by atoms with Crippen LogP contribution in [0.3, 0.4) is 0 Å². The second-order valence-corrected chi connectivity index (χ2v) is 7.13. The Morgan fingerprint density at radius 3 is 2.57 bits per heavy atom. The molecule has 0 saturated heterocycles. The number of fused-ring (bicyclic) bond motifs is 3. The smallest absolute Gasteiger partial charge is 0.349 e. The normalized spacial score (nSPS) is 11.6. The summed E-state index contributed by atoms with van der Waals surface area (Å²) >= 11 is 0. The molecule has 0 radical (unpaired) electrons. The van der Waals surface area contributed by atoms with Crippen molar-refractivity contribution in [2.45, 2.75) is 26.2 Å². The monoisotopic (exact) mass is 407 g/mol. The van der Waals surface area contributed by atoms with E-state index in [0.717, 1.165) is 47.7 Å². The van der Waals surface area contributed by atoms with Crippen LogP contribution in [0, 0.1) is 28.8 Å². The van der Waals surface area contributed by atoms with E-state index in [4.69, 9.17) is 10.00 Å². The van der Waals surface area contributed by atoms with Crippen molar-refractivity contribution in [2.24, 2.45) is 0 Å². The number of halogens is 3. The van der Waals surface area contributed by atoms with Gasteiger partial charge in [-0.05, 0) is 46.9 Å². The van der Waals surface area contributed by atoms with E-state index in [1.54, 1.807) is 6.07 Å². The Morgan fingerprint density at radius 2 is 1.87 bits per heavy atom. The van der Waals surface area contributed by atoms with E-state index in [9.17, 15) is 13.6 Å². The molecule has 0 amide bonds. The zero-order valence-corrected chi connectivity index (χ0v) is 16.1. The van der Waals surface area contributed by atoms with Gasteiger partial charge in [-0.2, -0.15) is 5.26 Å². The molecule has 1 aliphatic carbocycles. The van der Waals surface area contributed by atoms with Gasteiger partial charge in [0, 0.05) is 18.1 Å². The van der Waals surface area contributed by atoms with Gasteiger partial charge in [-0.3, -0.25) is 0 Å². The molecule has 3 aromatic rings. The lowest BCUT2D eigenvalue weighted by molar-refractivity contribution is 0.0724. The third-order valence-corrected chi connectivity index (χ3v) is 5.16. The fourth-order valence-electron chi connectivity index (χ4n) is 3.76. The summed E-state index contributed by atoms with van der Waals surface area (Å²) in [6, 6.07) is 11.7. The van der Waals surface area contributed by atoms with Gasteiger partial charge in [0.05, 0.1) is 5.56 Å². The molecular weight excluding hydrogens is 391 g/mol. The molecule has 3 nitrogen and oxygen atoms in total. The second-order valence-electron chi connectivity index (χ2n) is 7.13. The third-order valence-electron chi connectivity index (χ3n) is 5.16. The summed E-state index contributed by atoms with van der Waals surface area (Å²) in [6.07, 6.45) is 2.11. The molecule has 6 heteroatoms. The Hall–Kier alpha value is -3.59. The van der Waals surface area contributed by atoms with E-state index < -0.39 is 29.0 Å². The number of carbonyl (C=O) groups is 1. The molecule has 0 aromatic heterocycles. The third kappa shape index (κ3) is 3.33. The number of nitrogens with zero attached hydrogens (tertiary/aromatic N) is 1. The number of ether oxygens (including phenoxy) is 1. The van der Waals surface area contributed by atoms with Crippen molar-refractivity contribution in [1.29, 1.82) is 5.26 Å². The number of rotatable bonds is 4. The summed E-state index contributed by atoms with van der Waals surface area (Å²) in [5.74, 6) is -4.42. The number of nitriles is 1. The molecule has 0 atom stereocenters. The maximum atomic E-state index is 15.1. The van der Waals surface area contributed by atoms with Crippen LogP contribution in [0.1, 0.15) is 46.0 Å². The highest BCUT2D eigenvalue weighted by molar-refractivity contribution is 5.94. The maximum Gasteiger partial charge on any atom is 0.349 e. The highest BCUT2D eigenvalue weighted by Crippen LogP contribution is 2.40. The molecular formula is C24H16F3NO2. The molecule has 1 aliphatic rings. The average molecular weight is 407 g/mol. The quantitative estimate of drug-likeness (QED) is 0.321. The summed E-state index contributed by atoms with van der Waals surface area (Å²) in [5.41, 5.74) is 2.35. The van der Waals surface area contributed by atoms with Crippen LogP contribution in [0.15, 0.2) is 42.5 Å². The van der Waals surface area contributed by atoms with Gasteiger partial charge in [0.15, 0.2) is 0 Å². The van der Waals surface area contributed by atoms with E-state index in [1.165, 1.54) is 6.07 Å². The van der Waals surface area contributed by atoms with Gasteiger partial charge in [-0.25, -0.2) is 18.0 Å². The Morgan fingerprint density at radius 1 is 1.07 bits per heavy atom. The minimum absolute atomic E-state index is 0.232. The number of esters is 1. The zero-order valence-electron chi connectivity index (χ0n) is 16.1. The van der Waals surface area contributed by atoms with Crippen LogP contribution in [-0.4, -0.2) is 5.97 Å². The lowest BCUT2D eigenvalue weighted by atomic mass is 10.0. The number of hydrogen-bond acceptors (Lipinski definition) is 3. The number of aryl methyl sites for hydroxylation is 1. The van der Waals surface area contributed by atoms with Crippen molar-refractivity contribution in [3.63, 3.8) is 0 Å². The lowest BCUT2D eigenvalue weighted by Gasteiger charge is -2.10. The van der Waals surface area contributed by atoms with Crippen LogP contribution in [-0.2, 0) is 12.8 Å². The van der Waals surface area contributed by atoms with E-state index in [-0.39, 0.29) is 23.3 Å². The molecule has 0 saturated carbocycles. The molecule has 0 fully saturated rings. The minimum atomic E-state index is -1.26. The van der Waals surface area contributed by atoms with Gasteiger partial charge in [0.2, 0.25) is 0 Å². The standard InChI is InChI=1S/C24H16F3NO2/c1-2-3-13-4-7-17-15(8-13)9-19-18(17)11-21(26)22(23(19)27)24(29)30-16-6-5-14(12-28)20(25)10-16/h4-8,10-11H,2-3,9H2,1H3. The van der Waals surface area contributed by atoms with Crippen molar-refractivity contribution in [2.75, 3.05) is 0 Å². The van der Waals surface area contributed by atoms with Crippen LogP contribution < -0.4 is 4.74 Å². The van der Waals surface area contributed by atoms with Crippen molar-refractivity contribution in [3.05, 3.63) is 87.7 Å². The molecule has 0 unspecified atom stereocenters. The van der Waals surface area contributed by atoms with Crippen LogP contribution in [0.2, 0.25) is 0 Å².